The maximum Gasteiger partial charge on any atom is 0.387 e. The molecule has 2 rings (SSSR count). The number of hydrogen-bond donors (Lipinski definition) is 0. The predicted molar refractivity (Wildman–Crippen MR) is 93.3 cm³/mol. The van der Waals surface area contributed by atoms with Gasteiger partial charge in [0.15, 0.2) is 11.5 Å². The van der Waals surface area contributed by atoms with Crippen LogP contribution in [0, 0.1) is 6.92 Å². The van der Waals surface area contributed by atoms with Crippen LogP contribution in [0.1, 0.15) is 15.9 Å². The van der Waals surface area contributed by atoms with Crippen molar-refractivity contribution < 1.29 is 27.8 Å². The highest BCUT2D eigenvalue weighted by molar-refractivity contribution is 5.97. The van der Waals surface area contributed by atoms with Crippen molar-refractivity contribution in [3.05, 3.63) is 53.6 Å². The first-order chi connectivity index (χ1) is 12.4. The molecule has 0 radical (unpaired) electrons. The summed E-state index contributed by atoms with van der Waals surface area (Å²) in [5.41, 5.74) is 1.12. The fourth-order valence-electron chi connectivity index (χ4n) is 2.30. The van der Waals surface area contributed by atoms with Gasteiger partial charge in [0.05, 0.1) is 19.2 Å². The van der Waals surface area contributed by atoms with Gasteiger partial charge in [-0.1, -0.05) is 23.8 Å². The number of rotatable bonds is 8. The molecule has 0 unspecified atom stereocenters. The Balaban J connectivity index is 2.04. The first-order valence-corrected chi connectivity index (χ1v) is 7.99. The quantitative estimate of drug-likeness (QED) is 0.715. The van der Waals surface area contributed by atoms with Gasteiger partial charge in [0.25, 0.3) is 5.91 Å². The van der Waals surface area contributed by atoms with Crippen molar-refractivity contribution in [1.82, 2.24) is 4.90 Å². The topological polar surface area (TPSA) is 48.0 Å². The molecule has 0 aliphatic carbocycles. The van der Waals surface area contributed by atoms with Crippen molar-refractivity contribution >= 4 is 5.91 Å². The van der Waals surface area contributed by atoms with E-state index in [1.807, 2.05) is 31.2 Å². The van der Waals surface area contributed by atoms with Crippen molar-refractivity contribution in [2.24, 2.45) is 0 Å². The molecule has 0 aliphatic heterocycles. The summed E-state index contributed by atoms with van der Waals surface area (Å²) in [7, 11) is 2.88. The summed E-state index contributed by atoms with van der Waals surface area (Å²) in [6.45, 7) is -0.546. The van der Waals surface area contributed by atoms with Crippen molar-refractivity contribution in [2.45, 2.75) is 13.5 Å². The molecule has 0 N–H and O–H groups in total. The van der Waals surface area contributed by atoms with E-state index in [0.29, 0.717) is 5.75 Å². The third-order valence-electron chi connectivity index (χ3n) is 3.70. The third kappa shape index (κ3) is 5.08. The molecule has 0 aliphatic rings. The number of aryl methyl sites for hydroxylation is 1. The maximum absolute atomic E-state index is 12.7. The molecule has 2 aromatic rings. The molecule has 5 nitrogen and oxygen atoms in total. The van der Waals surface area contributed by atoms with Crippen LogP contribution in [0.3, 0.4) is 0 Å². The standard InChI is InChI=1S/C19H21F2NO4/c1-13-7-9-14(10-8-13)25-12-11-22(2)18(23)15-5-4-6-16(24-3)17(15)26-19(20)21/h4-10,19H,11-12H2,1-3H3. The van der Waals surface area contributed by atoms with Crippen LogP contribution in [-0.2, 0) is 0 Å². The average molecular weight is 365 g/mol. The number of amides is 1. The first kappa shape index (κ1) is 19.5. The second-order valence-corrected chi connectivity index (χ2v) is 5.60. The van der Waals surface area contributed by atoms with Crippen LogP contribution < -0.4 is 14.2 Å². The molecule has 0 saturated carbocycles. The van der Waals surface area contributed by atoms with Crippen LogP contribution >= 0.6 is 0 Å². The number of alkyl halides is 2. The van der Waals surface area contributed by atoms with Gasteiger partial charge in [0, 0.05) is 7.05 Å². The first-order valence-electron chi connectivity index (χ1n) is 7.99. The summed E-state index contributed by atoms with van der Waals surface area (Å²) in [4.78, 5) is 14.0. The van der Waals surface area contributed by atoms with Crippen molar-refractivity contribution in [3.63, 3.8) is 0 Å². The van der Waals surface area contributed by atoms with Crippen LogP contribution in [0.5, 0.6) is 17.2 Å². The SMILES string of the molecule is COc1cccc(C(=O)N(C)CCOc2ccc(C)cc2)c1OC(F)F. The largest absolute Gasteiger partial charge is 0.493 e. The lowest BCUT2D eigenvalue weighted by Crippen LogP contribution is -2.31. The molecule has 0 bridgehead atoms. The Morgan fingerprint density at radius 1 is 1.15 bits per heavy atom. The number of ether oxygens (including phenoxy) is 3. The zero-order chi connectivity index (χ0) is 19.1. The molecule has 26 heavy (non-hydrogen) atoms. The number of nitrogens with zero attached hydrogens (tertiary/aromatic N) is 1. The van der Waals surface area contributed by atoms with E-state index in [1.54, 1.807) is 13.1 Å². The lowest BCUT2D eigenvalue weighted by atomic mass is 10.1. The Morgan fingerprint density at radius 3 is 2.46 bits per heavy atom. The van der Waals surface area contributed by atoms with Crippen molar-refractivity contribution in [1.29, 1.82) is 0 Å². The molecule has 0 saturated heterocycles. The Kier molecular flexibility index (Phi) is 6.77. The van der Waals surface area contributed by atoms with E-state index < -0.39 is 12.5 Å². The summed E-state index contributed by atoms with van der Waals surface area (Å²) in [6.07, 6.45) is 0. The van der Waals surface area contributed by atoms with Gasteiger partial charge in [-0.15, -0.1) is 0 Å². The van der Waals surface area contributed by atoms with Crippen LogP contribution in [-0.4, -0.2) is 44.7 Å². The maximum atomic E-state index is 12.7. The predicted octanol–water partition coefficient (Wildman–Crippen LogP) is 3.76. The fraction of sp³-hybridized carbons (Fsp3) is 0.316. The van der Waals surface area contributed by atoms with E-state index in [1.165, 1.54) is 24.1 Å². The van der Waals surface area contributed by atoms with Gasteiger partial charge in [0.2, 0.25) is 0 Å². The summed E-state index contributed by atoms with van der Waals surface area (Å²) >= 11 is 0. The monoisotopic (exact) mass is 365 g/mol. The highest BCUT2D eigenvalue weighted by atomic mass is 19.3. The highest BCUT2D eigenvalue weighted by Crippen LogP contribution is 2.33. The fourth-order valence-corrected chi connectivity index (χ4v) is 2.30. The number of hydrogen-bond acceptors (Lipinski definition) is 4. The zero-order valence-electron chi connectivity index (χ0n) is 14.9. The normalized spacial score (nSPS) is 10.5. The molecule has 0 heterocycles. The number of para-hydroxylation sites is 1. The smallest absolute Gasteiger partial charge is 0.387 e. The van der Waals surface area contributed by atoms with Crippen LogP contribution in [0.25, 0.3) is 0 Å². The number of carbonyl (C=O) groups is 1. The minimum atomic E-state index is -3.06. The van der Waals surface area contributed by atoms with E-state index in [-0.39, 0.29) is 30.2 Å². The van der Waals surface area contributed by atoms with Gasteiger partial charge in [-0.2, -0.15) is 8.78 Å². The van der Waals surface area contributed by atoms with Gasteiger partial charge in [-0.25, -0.2) is 0 Å². The van der Waals surface area contributed by atoms with Gasteiger partial charge >= 0.3 is 6.61 Å². The van der Waals surface area contributed by atoms with Crippen LogP contribution in [0.4, 0.5) is 8.78 Å². The Bertz CT molecular complexity index is 735. The Morgan fingerprint density at radius 2 is 1.85 bits per heavy atom. The molecule has 0 spiro atoms. The molecule has 0 aromatic heterocycles. The number of carbonyl (C=O) groups excluding carboxylic acids is 1. The molecule has 0 fully saturated rings. The summed E-state index contributed by atoms with van der Waals surface area (Å²) < 4.78 is 40.4. The lowest BCUT2D eigenvalue weighted by molar-refractivity contribution is -0.0516. The zero-order valence-corrected chi connectivity index (χ0v) is 14.9. The lowest BCUT2D eigenvalue weighted by Gasteiger charge is -2.20. The Hall–Kier alpha value is -2.83. The summed E-state index contributed by atoms with van der Waals surface area (Å²) in [5, 5.41) is 0. The van der Waals surface area contributed by atoms with Gasteiger partial charge in [0.1, 0.15) is 12.4 Å². The molecule has 2 aromatic carbocycles. The van der Waals surface area contributed by atoms with E-state index in [9.17, 15) is 13.6 Å². The third-order valence-corrected chi connectivity index (χ3v) is 3.70. The van der Waals surface area contributed by atoms with Crippen LogP contribution in [0.2, 0.25) is 0 Å². The van der Waals surface area contributed by atoms with Gasteiger partial charge in [-0.05, 0) is 31.2 Å². The number of halogens is 2. The summed E-state index contributed by atoms with van der Waals surface area (Å²) in [5.74, 6) is 0.0216. The van der Waals surface area contributed by atoms with E-state index in [4.69, 9.17) is 9.47 Å². The van der Waals surface area contributed by atoms with Crippen LogP contribution in [0.15, 0.2) is 42.5 Å². The van der Waals surface area contributed by atoms with Crippen molar-refractivity contribution in [3.8, 4) is 17.2 Å². The summed E-state index contributed by atoms with van der Waals surface area (Å²) in [6, 6.07) is 11.9. The number of likely N-dealkylation sites (N-methyl/N-ethyl adjacent to an activating group) is 1. The number of methoxy groups -OCH3 is 1. The molecule has 0 atom stereocenters. The van der Waals surface area contributed by atoms with E-state index in [0.717, 1.165) is 5.56 Å². The van der Waals surface area contributed by atoms with E-state index >= 15 is 0 Å². The molecule has 140 valence electrons. The van der Waals surface area contributed by atoms with Gasteiger partial charge in [-0.3, -0.25) is 4.79 Å². The Labute approximate surface area is 151 Å². The minimum Gasteiger partial charge on any atom is -0.493 e. The van der Waals surface area contributed by atoms with E-state index in [2.05, 4.69) is 4.74 Å². The highest BCUT2D eigenvalue weighted by Gasteiger charge is 2.22. The molecule has 7 heteroatoms. The molecular formula is C19H21F2NO4. The molecule has 1 amide bonds. The number of benzene rings is 2. The second kappa shape index (κ2) is 9.03. The second-order valence-electron chi connectivity index (χ2n) is 5.60. The minimum absolute atomic E-state index is 0.00230. The van der Waals surface area contributed by atoms with Crippen molar-refractivity contribution in [2.75, 3.05) is 27.3 Å². The molecular weight excluding hydrogens is 344 g/mol. The van der Waals surface area contributed by atoms with Gasteiger partial charge < -0.3 is 19.1 Å². The average Bonchev–Trinajstić information content (AvgIpc) is 2.62.